The van der Waals surface area contributed by atoms with Gasteiger partial charge in [-0.2, -0.15) is 0 Å². The standard InChI is InChI=1S/C18H16N2O4/c21-18(15-11-14-3-1-2-4-17(14)24-12-15)19-10-9-13-5-7-16(8-6-13)20(22)23/h1-8,11H,9-10,12H2,(H,19,21). The van der Waals surface area contributed by atoms with E-state index in [1.54, 1.807) is 12.1 Å². The first-order chi connectivity index (χ1) is 11.6. The number of hydrogen-bond acceptors (Lipinski definition) is 4. The number of rotatable bonds is 5. The fourth-order valence-electron chi connectivity index (χ4n) is 2.47. The number of non-ortho nitro benzene ring substituents is 1. The van der Waals surface area contributed by atoms with Crippen molar-refractivity contribution in [2.45, 2.75) is 6.42 Å². The lowest BCUT2D eigenvalue weighted by Crippen LogP contribution is -2.30. The number of para-hydroxylation sites is 1. The highest BCUT2D eigenvalue weighted by Crippen LogP contribution is 2.25. The lowest BCUT2D eigenvalue weighted by Gasteiger charge is -2.17. The Hall–Kier alpha value is -3.15. The number of carbonyl (C=O) groups is 1. The van der Waals surface area contributed by atoms with Gasteiger partial charge >= 0.3 is 0 Å². The van der Waals surface area contributed by atoms with E-state index in [1.165, 1.54) is 12.1 Å². The van der Waals surface area contributed by atoms with Crippen LogP contribution in [-0.2, 0) is 11.2 Å². The molecule has 0 saturated heterocycles. The van der Waals surface area contributed by atoms with Gasteiger partial charge in [0.1, 0.15) is 12.4 Å². The Morgan fingerprint density at radius 3 is 2.67 bits per heavy atom. The zero-order valence-corrected chi connectivity index (χ0v) is 12.9. The molecule has 2 aromatic carbocycles. The summed E-state index contributed by atoms with van der Waals surface area (Å²) in [6.07, 6.45) is 2.44. The molecule has 1 amide bonds. The van der Waals surface area contributed by atoms with Crippen molar-refractivity contribution in [3.05, 3.63) is 75.3 Å². The van der Waals surface area contributed by atoms with Gasteiger partial charge in [-0.25, -0.2) is 0 Å². The van der Waals surface area contributed by atoms with Gasteiger partial charge in [-0.3, -0.25) is 14.9 Å². The number of nitrogens with one attached hydrogen (secondary N) is 1. The van der Waals surface area contributed by atoms with E-state index in [-0.39, 0.29) is 18.2 Å². The number of fused-ring (bicyclic) bond motifs is 1. The lowest BCUT2D eigenvalue weighted by atomic mass is 10.1. The first kappa shape index (κ1) is 15.7. The number of carbonyl (C=O) groups excluding carboxylic acids is 1. The topological polar surface area (TPSA) is 81.5 Å². The molecule has 0 bridgehead atoms. The third-order valence-corrected chi connectivity index (χ3v) is 3.77. The second kappa shape index (κ2) is 6.95. The smallest absolute Gasteiger partial charge is 0.269 e. The van der Waals surface area contributed by atoms with Crippen molar-refractivity contribution in [3.63, 3.8) is 0 Å². The summed E-state index contributed by atoms with van der Waals surface area (Å²) in [6, 6.07) is 13.9. The van der Waals surface area contributed by atoms with Crippen molar-refractivity contribution < 1.29 is 14.5 Å². The molecule has 122 valence electrons. The van der Waals surface area contributed by atoms with Gasteiger partial charge in [-0.1, -0.05) is 30.3 Å². The quantitative estimate of drug-likeness (QED) is 0.677. The maximum atomic E-state index is 12.2. The number of amides is 1. The van der Waals surface area contributed by atoms with Gasteiger partial charge in [0.05, 0.1) is 10.5 Å². The third-order valence-electron chi connectivity index (χ3n) is 3.77. The minimum absolute atomic E-state index is 0.0611. The van der Waals surface area contributed by atoms with E-state index >= 15 is 0 Å². The number of ether oxygens (including phenoxy) is 1. The Balaban J connectivity index is 1.55. The zero-order chi connectivity index (χ0) is 16.9. The molecule has 0 spiro atoms. The highest BCUT2D eigenvalue weighted by atomic mass is 16.6. The van der Waals surface area contributed by atoms with Crippen molar-refractivity contribution >= 4 is 17.7 Å². The minimum Gasteiger partial charge on any atom is -0.488 e. The van der Waals surface area contributed by atoms with Crippen molar-refractivity contribution in [1.29, 1.82) is 0 Å². The molecule has 0 saturated carbocycles. The predicted molar refractivity (Wildman–Crippen MR) is 89.7 cm³/mol. The third kappa shape index (κ3) is 3.60. The van der Waals surface area contributed by atoms with Crippen LogP contribution >= 0.6 is 0 Å². The Morgan fingerprint density at radius 2 is 1.92 bits per heavy atom. The van der Waals surface area contributed by atoms with E-state index in [0.29, 0.717) is 18.5 Å². The SMILES string of the molecule is O=C(NCCc1ccc([N+](=O)[O-])cc1)C1=Cc2ccccc2OC1. The summed E-state index contributed by atoms with van der Waals surface area (Å²) in [4.78, 5) is 22.4. The molecule has 0 aromatic heterocycles. The predicted octanol–water partition coefficient (Wildman–Crippen LogP) is 2.73. The summed E-state index contributed by atoms with van der Waals surface area (Å²) in [6.45, 7) is 0.704. The molecule has 6 heteroatoms. The van der Waals surface area contributed by atoms with E-state index in [4.69, 9.17) is 4.74 Å². The summed E-state index contributed by atoms with van der Waals surface area (Å²) >= 11 is 0. The van der Waals surface area contributed by atoms with Gasteiger partial charge in [0.15, 0.2) is 0 Å². The Bertz CT molecular complexity index is 797. The van der Waals surface area contributed by atoms with Gasteiger partial charge < -0.3 is 10.1 Å². The number of nitrogens with zero attached hydrogens (tertiary/aromatic N) is 1. The fourth-order valence-corrected chi connectivity index (χ4v) is 2.47. The molecule has 1 aliphatic heterocycles. The summed E-state index contributed by atoms with van der Waals surface area (Å²) < 4.78 is 5.56. The molecule has 2 aromatic rings. The second-order valence-corrected chi connectivity index (χ2v) is 5.43. The molecule has 0 aliphatic carbocycles. The molecular formula is C18H16N2O4. The van der Waals surface area contributed by atoms with Crippen LogP contribution in [0, 0.1) is 10.1 Å². The number of benzene rings is 2. The van der Waals surface area contributed by atoms with E-state index in [2.05, 4.69) is 5.32 Å². The van der Waals surface area contributed by atoms with Crippen LogP contribution in [0.4, 0.5) is 5.69 Å². The second-order valence-electron chi connectivity index (χ2n) is 5.43. The molecule has 0 unspecified atom stereocenters. The highest BCUT2D eigenvalue weighted by molar-refractivity contribution is 5.99. The summed E-state index contributed by atoms with van der Waals surface area (Å²) in [5, 5.41) is 13.5. The first-order valence-electron chi connectivity index (χ1n) is 7.57. The monoisotopic (exact) mass is 324 g/mol. The molecule has 0 radical (unpaired) electrons. The van der Waals surface area contributed by atoms with E-state index in [9.17, 15) is 14.9 Å². The normalized spacial score (nSPS) is 12.6. The van der Waals surface area contributed by atoms with Crippen LogP contribution in [0.5, 0.6) is 5.75 Å². The van der Waals surface area contributed by atoms with Gasteiger partial charge in [0.25, 0.3) is 11.6 Å². The van der Waals surface area contributed by atoms with E-state index < -0.39 is 4.92 Å². The molecule has 1 N–H and O–H groups in total. The Labute approximate surface area is 138 Å². The van der Waals surface area contributed by atoms with Crippen LogP contribution in [-0.4, -0.2) is 24.0 Å². The van der Waals surface area contributed by atoms with Crippen LogP contribution in [0.15, 0.2) is 54.1 Å². The largest absolute Gasteiger partial charge is 0.488 e. The average molecular weight is 324 g/mol. The van der Waals surface area contributed by atoms with Gasteiger partial charge in [-0.05, 0) is 24.1 Å². The van der Waals surface area contributed by atoms with E-state index in [0.717, 1.165) is 16.9 Å². The molecule has 1 heterocycles. The lowest BCUT2D eigenvalue weighted by molar-refractivity contribution is -0.384. The van der Waals surface area contributed by atoms with Gasteiger partial charge in [-0.15, -0.1) is 0 Å². The molecule has 0 fully saturated rings. The molecule has 24 heavy (non-hydrogen) atoms. The number of nitro groups is 1. The molecule has 3 rings (SSSR count). The highest BCUT2D eigenvalue weighted by Gasteiger charge is 2.16. The first-order valence-corrected chi connectivity index (χ1v) is 7.57. The van der Waals surface area contributed by atoms with Crippen LogP contribution in [0.3, 0.4) is 0 Å². The maximum Gasteiger partial charge on any atom is 0.269 e. The summed E-state index contributed by atoms with van der Waals surface area (Å²) in [7, 11) is 0. The molecular weight excluding hydrogens is 308 g/mol. The maximum absolute atomic E-state index is 12.2. The van der Waals surface area contributed by atoms with Crippen molar-refractivity contribution in [2.75, 3.05) is 13.2 Å². The number of hydrogen-bond donors (Lipinski definition) is 1. The van der Waals surface area contributed by atoms with Crippen molar-refractivity contribution in [2.24, 2.45) is 0 Å². The molecule has 1 aliphatic rings. The van der Waals surface area contributed by atoms with Crippen molar-refractivity contribution in [3.8, 4) is 5.75 Å². The van der Waals surface area contributed by atoms with E-state index in [1.807, 2.05) is 30.3 Å². The zero-order valence-electron chi connectivity index (χ0n) is 12.9. The van der Waals surface area contributed by atoms with Gasteiger partial charge in [0, 0.05) is 24.2 Å². The van der Waals surface area contributed by atoms with Crippen LogP contribution in [0.2, 0.25) is 0 Å². The Kier molecular flexibility index (Phi) is 4.56. The van der Waals surface area contributed by atoms with Crippen LogP contribution < -0.4 is 10.1 Å². The van der Waals surface area contributed by atoms with Crippen LogP contribution in [0.25, 0.3) is 6.08 Å². The average Bonchev–Trinajstić information content (AvgIpc) is 2.61. The van der Waals surface area contributed by atoms with Crippen molar-refractivity contribution in [1.82, 2.24) is 5.32 Å². The molecule has 0 atom stereocenters. The number of nitro benzene ring substituents is 1. The Morgan fingerprint density at radius 1 is 1.17 bits per heavy atom. The summed E-state index contributed by atoms with van der Waals surface area (Å²) in [5.74, 6) is 0.617. The molecule has 6 nitrogen and oxygen atoms in total. The fraction of sp³-hybridized carbons (Fsp3) is 0.167. The summed E-state index contributed by atoms with van der Waals surface area (Å²) in [5.41, 5.74) is 2.47. The van der Waals surface area contributed by atoms with Gasteiger partial charge in [0.2, 0.25) is 0 Å². The van der Waals surface area contributed by atoms with Crippen LogP contribution in [0.1, 0.15) is 11.1 Å². The minimum atomic E-state index is -0.432.